The Labute approximate surface area is 100 Å². The fraction of sp³-hybridized carbons (Fsp3) is 0.154. The van der Waals surface area contributed by atoms with E-state index in [4.69, 9.17) is 10.5 Å². The summed E-state index contributed by atoms with van der Waals surface area (Å²) in [6, 6.07) is 9.88. The molecular weight excluding hydrogens is 214 g/mol. The van der Waals surface area contributed by atoms with Crippen molar-refractivity contribution in [3.8, 4) is 0 Å². The molecule has 0 saturated carbocycles. The number of nitrogens with zero attached hydrogens (tertiary/aromatic N) is 1. The molecule has 2 aromatic rings. The van der Waals surface area contributed by atoms with E-state index in [1.165, 1.54) is 0 Å². The minimum atomic E-state index is 0.625. The van der Waals surface area contributed by atoms with Gasteiger partial charge in [-0.05, 0) is 23.8 Å². The van der Waals surface area contributed by atoms with Gasteiger partial charge in [-0.1, -0.05) is 12.1 Å². The monoisotopic (exact) mass is 229 g/mol. The van der Waals surface area contributed by atoms with Crippen LogP contribution in [0, 0.1) is 0 Å². The van der Waals surface area contributed by atoms with Crippen molar-refractivity contribution < 1.29 is 4.74 Å². The van der Waals surface area contributed by atoms with Crippen LogP contribution in [-0.2, 0) is 11.3 Å². The third-order valence-corrected chi connectivity index (χ3v) is 2.31. The molecular formula is C13H15N3O. The predicted molar refractivity (Wildman–Crippen MR) is 69.1 cm³/mol. The number of pyridine rings is 1. The first kappa shape index (κ1) is 11.4. The number of rotatable bonds is 4. The summed E-state index contributed by atoms with van der Waals surface area (Å²) in [6.07, 6.45) is 3.35. The van der Waals surface area contributed by atoms with Gasteiger partial charge in [0.05, 0.1) is 24.2 Å². The van der Waals surface area contributed by atoms with Crippen molar-refractivity contribution in [2.75, 3.05) is 18.2 Å². The standard InChI is InChI=1S/C13H15N3O/c1-17-9-10-2-4-12(5-3-10)16-13-6-11(14)7-15-8-13/h2-8,16H,9,14H2,1H3. The van der Waals surface area contributed by atoms with Crippen LogP contribution in [0.3, 0.4) is 0 Å². The highest BCUT2D eigenvalue weighted by Gasteiger charge is 1.96. The second kappa shape index (κ2) is 5.32. The van der Waals surface area contributed by atoms with E-state index in [-0.39, 0.29) is 0 Å². The van der Waals surface area contributed by atoms with Crippen molar-refractivity contribution in [2.45, 2.75) is 6.61 Å². The number of nitrogen functional groups attached to an aromatic ring is 1. The molecule has 0 bridgehead atoms. The second-order valence-electron chi connectivity index (χ2n) is 3.76. The quantitative estimate of drug-likeness (QED) is 0.845. The zero-order valence-electron chi connectivity index (χ0n) is 9.68. The summed E-state index contributed by atoms with van der Waals surface area (Å²) in [4.78, 5) is 4.02. The lowest BCUT2D eigenvalue weighted by atomic mass is 10.2. The van der Waals surface area contributed by atoms with Crippen LogP contribution in [-0.4, -0.2) is 12.1 Å². The van der Waals surface area contributed by atoms with Crippen molar-refractivity contribution in [1.29, 1.82) is 0 Å². The van der Waals surface area contributed by atoms with Crippen LogP contribution >= 0.6 is 0 Å². The molecule has 3 N–H and O–H groups in total. The summed E-state index contributed by atoms with van der Waals surface area (Å²) in [6.45, 7) is 0.625. The van der Waals surface area contributed by atoms with E-state index < -0.39 is 0 Å². The van der Waals surface area contributed by atoms with E-state index in [2.05, 4.69) is 10.3 Å². The fourth-order valence-electron chi connectivity index (χ4n) is 1.54. The maximum absolute atomic E-state index is 5.66. The van der Waals surface area contributed by atoms with Crippen LogP contribution in [0.25, 0.3) is 0 Å². The van der Waals surface area contributed by atoms with E-state index in [1.54, 1.807) is 19.5 Å². The van der Waals surface area contributed by atoms with Gasteiger partial charge in [-0.3, -0.25) is 4.98 Å². The molecule has 0 spiro atoms. The summed E-state index contributed by atoms with van der Waals surface area (Å²) in [5.41, 5.74) is 9.32. The Morgan fingerprint density at radius 3 is 2.59 bits per heavy atom. The minimum absolute atomic E-state index is 0.625. The fourth-order valence-corrected chi connectivity index (χ4v) is 1.54. The Morgan fingerprint density at radius 2 is 1.94 bits per heavy atom. The molecule has 0 atom stereocenters. The molecule has 0 saturated heterocycles. The largest absolute Gasteiger partial charge is 0.397 e. The molecule has 1 aromatic carbocycles. The molecule has 4 heteroatoms. The van der Waals surface area contributed by atoms with Crippen molar-refractivity contribution in [3.63, 3.8) is 0 Å². The first-order valence-corrected chi connectivity index (χ1v) is 5.33. The van der Waals surface area contributed by atoms with Gasteiger partial charge in [-0.15, -0.1) is 0 Å². The molecule has 0 fully saturated rings. The van der Waals surface area contributed by atoms with Gasteiger partial charge in [0.2, 0.25) is 0 Å². The minimum Gasteiger partial charge on any atom is -0.397 e. The summed E-state index contributed by atoms with van der Waals surface area (Å²) in [5.74, 6) is 0. The maximum atomic E-state index is 5.66. The SMILES string of the molecule is COCc1ccc(Nc2cncc(N)c2)cc1. The zero-order chi connectivity index (χ0) is 12.1. The molecule has 0 aliphatic heterocycles. The van der Waals surface area contributed by atoms with Crippen molar-refractivity contribution in [1.82, 2.24) is 4.98 Å². The average Bonchev–Trinajstić information content (AvgIpc) is 2.32. The number of hydrogen-bond donors (Lipinski definition) is 2. The number of nitrogens with one attached hydrogen (secondary N) is 1. The van der Waals surface area contributed by atoms with E-state index in [1.807, 2.05) is 30.3 Å². The molecule has 88 valence electrons. The number of anilines is 3. The molecule has 4 nitrogen and oxygen atoms in total. The van der Waals surface area contributed by atoms with E-state index in [0.717, 1.165) is 16.9 Å². The molecule has 0 radical (unpaired) electrons. The summed E-state index contributed by atoms with van der Waals surface area (Å²) < 4.78 is 5.05. The third-order valence-electron chi connectivity index (χ3n) is 2.31. The average molecular weight is 229 g/mol. The van der Waals surface area contributed by atoms with E-state index in [9.17, 15) is 0 Å². The van der Waals surface area contributed by atoms with Gasteiger partial charge < -0.3 is 15.8 Å². The van der Waals surface area contributed by atoms with Crippen molar-refractivity contribution >= 4 is 17.1 Å². The zero-order valence-corrected chi connectivity index (χ0v) is 9.68. The molecule has 1 heterocycles. The van der Waals surface area contributed by atoms with Gasteiger partial charge in [-0.25, -0.2) is 0 Å². The Balaban J connectivity index is 2.08. The lowest BCUT2D eigenvalue weighted by Gasteiger charge is -2.07. The van der Waals surface area contributed by atoms with Crippen molar-refractivity contribution in [3.05, 3.63) is 48.3 Å². The third kappa shape index (κ3) is 3.19. The van der Waals surface area contributed by atoms with Gasteiger partial charge in [-0.2, -0.15) is 0 Å². The van der Waals surface area contributed by atoms with Crippen LogP contribution in [0.2, 0.25) is 0 Å². The van der Waals surface area contributed by atoms with Crippen LogP contribution in [0.1, 0.15) is 5.56 Å². The lowest BCUT2D eigenvalue weighted by Crippen LogP contribution is -1.94. The highest BCUT2D eigenvalue weighted by molar-refractivity contribution is 5.62. The van der Waals surface area contributed by atoms with Crippen LogP contribution in [0.4, 0.5) is 17.1 Å². The van der Waals surface area contributed by atoms with Crippen LogP contribution < -0.4 is 11.1 Å². The van der Waals surface area contributed by atoms with Crippen molar-refractivity contribution in [2.24, 2.45) is 0 Å². The number of ether oxygens (including phenoxy) is 1. The number of aromatic nitrogens is 1. The van der Waals surface area contributed by atoms with Crippen LogP contribution in [0.5, 0.6) is 0 Å². The van der Waals surface area contributed by atoms with Gasteiger partial charge in [0.1, 0.15) is 0 Å². The first-order valence-electron chi connectivity index (χ1n) is 5.33. The number of hydrogen-bond acceptors (Lipinski definition) is 4. The summed E-state index contributed by atoms with van der Waals surface area (Å²) in [5, 5.41) is 3.23. The second-order valence-corrected chi connectivity index (χ2v) is 3.76. The molecule has 0 amide bonds. The highest BCUT2D eigenvalue weighted by Crippen LogP contribution is 2.18. The predicted octanol–water partition coefficient (Wildman–Crippen LogP) is 2.55. The Bertz CT molecular complexity index is 482. The van der Waals surface area contributed by atoms with E-state index >= 15 is 0 Å². The van der Waals surface area contributed by atoms with Gasteiger partial charge >= 0.3 is 0 Å². The lowest BCUT2D eigenvalue weighted by molar-refractivity contribution is 0.185. The molecule has 1 aromatic heterocycles. The van der Waals surface area contributed by atoms with Gasteiger partial charge in [0.25, 0.3) is 0 Å². The maximum Gasteiger partial charge on any atom is 0.0713 e. The topological polar surface area (TPSA) is 60.2 Å². The normalized spacial score (nSPS) is 10.2. The van der Waals surface area contributed by atoms with Crippen LogP contribution in [0.15, 0.2) is 42.7 Å². The Hall–Kier alpha value is -2.07. The van der Waals surface area contributed by atoms with Gasteiger partial charge in [0, 0.05) is 19.0 Å². The molecule has 0 aliphatic rings. The Morgan fingerprint density at radius 1 is 1.18 bits per heavy atom. The molecule has 2 rings (SSSR count). The highest BCUT2D eigenvalue weighted by atomic mass is 16.5. The van der Waals surface area contributed by atoms with E-state index in [0.29, 0.717) is 12.3 Å². The molecule has 0 aliphatic carbocycles. The summed E-state index contributed by atoms with van der Waals surface area (Å²) in [7, 11) is 1.69. The molecule has 0 unspecified atom stereocenters. The summed E-state index contributed by atoms with van der Waals surface area (Å²) >= 11 is 0. The number of benzene rings is 1. The first-order chi connectivity index (χ1) is 8.28. The Kier molecular flexibility index (Phi) is 3.57. The number of nitrogens with two attached hydrogens (primary N) is 1. The number of methoxy groups -OCH3 is 1. The molecule has 17 heavy (non-hydrogen) atoms. The smallest absolute Gasteiger partial charge is 0.0713 e. The van der Waals surface area contributed by atoms with Gasteiger partial charge in [0.15, 0.2) is 0 Å².